The highest BCUT2D eigenvalue weighted by Gasteiger charge is 2.22. The van der Waals surface area contributed by atoms with Crippen LogP contribution in [-0.4, -0.2) is 13.3 Å². The third-order valence-corrected chi connectivity index (χ3v) is 4.10. The second-order valence-corrected chi connectivity index (χ2v) is 5.90. The second kappa shape index (κ2) is 5.83. The van der Waals surface area contributed by atoms with Gasteiger partial charge in [-0.15, -0.1) is 0 Å². The van der Waals surface area contributed by atoms with Crippen LogP contribution in [0.25, 0.3) is 0 Å². The van der Waals surface area contributed by atoms with Crippen molar-refractivity contribution in [2.75, 3.05) is 0 Å². The van der Waals surface area contributed by atoms with Crippen LogP contribution in [0.3, 0.4) is 0 Å². The topological polar surface area (TPSA) is 110 Å². The molecule has 0 saturated heterocycles. The van der Waals surface area contributed by atoms with Crippen molar-refractivity contribution in [1.82, 2.24) is 0 Å². The Bertz CT molecular complexity index is 884. The largest absolute Gasteiger partial charge is 0.378 e. The highest BCUT2D eigenvalue weighted by molar-refractivity contribution is 7.87. The molecule has 0 aromatic heterocycles. The minimum Gasteiger partial charge on any atom is -0.378 e. The molecule has 0 radical (unpaired) electrons. The lowest BCUT2D eigenvalue weighted by Crippen LogP contribution is -2.11. The molecule has 0 amide bonds. The van der Waals surface area contributed by atoms with E-state index in [4.69, 9.17) is 9.44 Å². The van der Waals surface area contributed by atoms with Gasteiger partial charge in [-0.1, -0.05) is 18.2 Å². The van der Waals surface area contributed by atoms with Crippen LogP contribution in [0.15, 0.2) is 47.4 Å². The number of nitro groups is 1. The van der Waals surface area contributed by atoms with Gasteiger partial charge in [-0.05, 0) is 25.1 Å². The maximum Gasteiger partial charge on any atom is 0.339 e. The van der Waals surface area contributed by atoms with Gasteiger partial charge in [-0.2, -0.15) is 13.7 Å². The van der Waals surface area contributed by atoms with Crippen molar-refractivity contribution in [3.05, 3.63) is 63.7 Å². The third-order valence-electron chi connectivity index (χ3n) is 2.87. The summed E-state index contributed by atoms with van der Waals surface area (Å²) >= 11 is 0. The van der Waals surface area contributed by atoms with Crippen molar-refractivity contribution in [2.45, 2.75) is 11.8 Å². The summed E-state index contributed by atoms with van der Waals surface area (Å²) in [5.41, 5.74) is 0.0623. The standard InChI is InChI=1S/C14H10N2O5S/c1-10-6-7-12(8-13(10)16(17)18)22(19,20)21-14-5-3-2-4-11(14)9-15/h2-8H,1H3. The quantitative estimate of drug-likeness (QED) is 0.486. The number of hydrogen-bond donors (Lipinski definition) is 0. The summed E-state index contributed by atoms with van der Waals surface area (Å²) in [7, 11) is -4.27. The SMILES string of the molecule is Cc1ccc(S(=O)(=O)Oc2ccccc2C#N)cc1[N+](=O)[O-]. The first-order valence-electron chi connectivity index (χ1n) is 6.04. The Hall–Kier alpha value is -2.92. The van der Waals surface area contributed by atoms with E-state index in [1.54, 1.807) is 6.07 Å². The van der Waals surface area contributed by atoms with E-state index >= 15 is 0 Å². The van der Waals surface area contributed by atoms with Crippen molar-refractivity contribution in [1.29, 1.82) is 5.26 Å². The molecule has 8 heteroatoms. The molecule has 2 rings (SSSR count). The van der Waals surface area contributed by atoms with E-state index in [1.807, 2.05) is 6.07 Å². The van der Waals surface area contributed by atoms with Gasteiger partial charge < -0.3 is 4.18 Å². The number of hydrogen-bond acceptors (Lipinski definition) is 6. The fourth-order valence-electron chi connectivity index (χ4n) is 1.74. The number of nitrogens with zero attached hydrogens (tertiary/aromatic N) is 2. The first-order chi connectivity index (χ1) is 10.3. The maximum absolute atomic E-state index is 12.2. The maximum atomic E-state index is 12.2. The Balaban J connectivity index is 2.46. The van der Waals surface area contributed by atoms with Crippen molar-refractivity contribution in [2.24, 2.45) is 0 Å². The van der Waals surface area contributed by atoms with E-state index in [1.165, 1.54) is 37.3 Å². The Morgan fingerprint density at radius 2 is 1.91 bits per heavy atom. The van der Waals surface area contributed by atoms with Gasteiger partial charge >= 0.3 is 10.1 Å². The number of para-hydroxylation sites is 1. The predicted molar refractivity (Wildman–Crippen MR) is 76.8 cm³/mol. The van der Waals surface area contributed by atoms with Crippen LogP contribution in [0.5, 0.6) is 5.75 Å². The Labute approximate surface area is 126 Å². The van der Waals surface area contributed by atoms with Gasteiger partial charge in [-0.25, -0.2) is 0 Å². The van der Waals surface area contributed by atoms with E-state index in [0.717, 1.165) is 6.07 Å². The molecule has 0 bridgehead atoms. The first kappa shape index (κ1) is 15.5. The van der Waals surface area contributed by atoms with E-state index in [9.17, 15) is 18.5 Å². The van der Waals surface area contributed by atoms with Gasteiger partial charge in [0.25, 0.3) is 5.69 Å². The van der Waals surface area contributed by atoms with E-state index in [0.29, 0.717) is 5.56 Å². The highest BCUT2D eigenvalue weighted by Crippen LogP contribution is 2.26. The highest BCUT2D eigenvalue weighted by atomic mass is 32.2. The van der Waals surface area contributed by atoms with E-state index in [2.05, 4.69) is 0 Å². The molecular weight excluding hydrogens is 308 g/mol. The zero-order chi connectivity index (χ0) is 16.3. The summed E-state index contributed by atoms with van der Waals surface area (Å²) in [6.07, 6.45) is 0. The van der Waals surface area contributed by atoms with Crippen LogP contribution in [-0.2, 0) is 10.1 Å². The molecule has 0 fully saturated rings. The Morgan fingerprint density at radius 1 is 1.23 bits per heavy atom. The molecule has 22 heavy (non-hydrogen) atoms. The minimum atomic E-state index is -4.27. The molecule has 0 aliphatic carbocycles. The average Bonchev–Trinajstić information content (AvgIpc) is 2.47. The average molecular weight is 318 g/mol. The summed E-state index contributed by atoms with van der Waals surface area (Å²) in [5.74, 6) is -0.131. The zero-order valence-electron chi connectivity index (χ0n) is 11.4. The van der Waals surface area contributed by atoms with E-state index < -0.39 is 15.0 Å². The molecule has 0 unspecified atom stereocenters. The smallest absolute Gasteiger partial charge is 0.339 e. The second-order valence-electron chi connectivity index (χ2n) is 4.35. The molecule has 0 aliphatic heterocycles. The van der Waals surface area contributed by atoms with Gasteiger partial charge in [0, 0.05) is 11.6 Å². The molecule has 2 aromatic rings. The summed E-state index contributed by atoms with van der Waals surface area (Å²) in [4.78, 5) is 9.87. The van der Waals surface area contributed by atoms with Gasteiger partial charge in [0.2, 0.25) is 0 Å². The molecule has 0 saturated carbocycles. The molecule has 112 valence electrons. The normalized spacial score (nSPS) is 10.7. The number of nitriles is 1. The van der Waals surface area contributed by atoms with Crippen molar-refractivity contribution >= 4 is 15.8 Å². The number of nitro benzene ring substituents is 1. The van der Waals surface area contributed by atoms with Crippen molar-refractivity contribution in [3.63, 3.8) is 0 Å². The molecule has 7 nitrogen and oxygen atoms in total. The van der Waals surface area contributed by atoms with Crippen LogP contribution in [0.4, 0.5) is 5.69 Å². The number of aryl methyl sites for hydroxylation is 1. The Kier molecular flexibility index (Phi) is 4.10. The van der Waals surface area contributed by atoms with Crippen molar-refractivity contribution in [3.8, 4) is 11.8 Å². The molecule has 0 aliphatic rings. The van der Waals surface area contributed by atoms with Gasteiger partial charge in [0.05, 0.1) is 10.5 Å². The predicted octanol–water partition coefficient (Wildman–Crippen LogP) is 2.54. The summed E-state index contributed by atoms with van der Waals surface area (Å²) in [5, 5.41) is 19.8. The molecule has 0 atom stereocenters. The van der Waals surface area contributed by atoms with Gasteiger partial charge in [0.1, 0.15) is 11.0 Å². The third kappa shape index (κ3) is 3.05. The summed E-state index contributed by atoms with van der Waals surface area (Å²) < 4.78 is 29.3. The lowest BCUT2D eigenvalue weighted by Gasteiger charge is -2.08. The minimum absolute atomic E-state index is 0.0488. The van der Waals surface area contributed by atoms with Crippen LogP contribution >= 0.6 is 0 Å². The zero-order valence-corrected chi connectivity index (χ0v) is 12.2. The lowest BCUT2D eigenvalue weighted by molar-refractivity contribution is -0.385. The molecule has 0 heterocycles. The van der Waals surface area contributed by atoms with Crippen LogP contribution in [0.1, 0.15) is 11.1 Å². The molecule has 0 spiro atoms. The van der Waals surface area contributed by atoms with Gasteiger partial charge in [0.15, 0.2) is 5.75 Å². The monoisotopic (exact) mass is 318 g/mol. The van der Waals surface area contributed by atoms with Crippen LogP contribution < -0.4 is 4.18 Å². The number of benzene rings is 2. The molecule has 0 N–H and O–H groups in total. The molecule has 2 aromatic carbocycles. The van der Waals surface area contributed by atoms with Crippen LogP contribution in [0.2, 0.25) is 0 Å². The fourth-order valence-corrected chi connectivity index (χ4v) is 2.71. The van der Waals surface area contributed by atoms with Crippen LogP contribution in [0, 0.1) is 28.4 Å². The number of rotatable bonds is 4. The summed E-state index contributed by atoms with van der Waals surface area (Å²) in [6, 6.07) is 11.1. The summed E-state index contributed by atoms with van der Waals surface area (Å²) in [6.45, 7) is 1.50. The Morgan fingerprint density at radius 3 is 2.55 bits per heavy atom. The lowest BCUT2D eigenvalue weighted by atomic mass is 10.2. The molecular formula is C14H10N2O5S. The van der Waals surface area contributed by atoms with E-state index in [-0.39, 0.29) is 21.9 Å². The van der Waals surface area contributed by atoms with Gasteiger partial charge in [-0.3, -0.25) is 10.1 Å². The fraction of sp³-hybridized carbons (Fsp3) is 0.0714. The first-order valence-corrected chi connectivity index (χ1v) is 7.44. The van der Waals surface area contributed by atoms with Crippen molar-refractivity contribution < 1.29 is 17.5 Å².